The Balaban J connectivity index is 0.00000400. The van der Waals surface area contributed by atoms with Crippen LogP contribution in [0.5, 0.6) is 5.75 Å². The number of phenolic OH excluding ortho intramolecular Hbond substituents is 1. The van der Waals surface area contributed by atoms with Crippen LogP contribution in [0.15, 0.2) is 68.6 Å². The van der Waals surface area contributed by atoms with Crippen molar-refractivity contribution in [2.45, 2.75) is 36.1 Å². The Hall–Kier alpha value is -2.15. The summed E-state index contributed by atoms with van der Waals surface area (Å²) >= 11 is 0. The van der Waals surface area contributed by atoms with Crippen LogP contribution >= 0.6 is 0 Å². The molecule has 0 saturated heterocycles. The van der Waals surface area contributed by atoms with Crippen molar-refractivity contribution in [1.82, 2.24) is 9.03 Å². The van der Waals surface area contributed by atoms with Gasteiger partial charge in [0, 0.05) is 30.4 Å². The van der Waals surface area contributed by atoms with Gasteiger partial charge in [-0.25, -0.2) is 13.1 Å². The summed E-state index contributed by atoms with van der Waals surface area (Å²) in [5.41, 5.74) is -0.861. The Kier molecular flexibility index (Phi) is 9.97. The first-order valence-electron chi connectivity index (χ1n) is 10.8. The zero-order valence-corrected chi connectivity index (χ0v) is 26.5. The van der Waals surface area contributed by atoms with Gasteiger partial charge in [0.25, 0.3) is 10.1 Å². The van der Waals surface area contributed by atoms with E-state index in [1.807, 2.05) is 0 Å². The Bertz CT molecular complexity index is 1740. The maximum Gasteiger partial charge on any atom is 1.00 e. The van der Waals surface area contributed by atoms with Crippen LogP contribution in [0.3, 0.4) is 0 Å². The molecule has 0 spiro atoms. The van der Waals surface area contributed by atoms with Crippen LogP contribution < -0.4 is 39.0 Å². The van der Waals surface area contributed by atoms with Crippen LogP contribution in [-0.2, 0) is 30.4 Å². The molecule has 0 aliphatic heterocycles. The second-order valence-electron chi connectivity index (χ2n) is 9.38. The second kappa shape index (κ2) is 11.8. The van der Waals surface area contributed by atoms with Gasteiger partial charge in [0.1, 0.15) is 10.6 Å². The zero-order chi connectivity index (χ0) is 28.7. The SMILES string of the molecule is CN(C)S(=O)(=O)Nc1cccc2c(O)c(S(=O)(=O)NC(C)(C)C)cc(N=Nc3ccc(S(=O)(=O)O)cc3)c12.[H-].[Na+]. The maximum atomic E-state index is 13.1. The number of phenols is 1. The van der Waals surface area contributed by atoms with Crippen molar-refractivity contribution in [1.29, 1.82) is 0 Å². The van der Waals surface area contributed by atoms with Gasteiger partial charge >= 0.3 is 39.8 Å². The van der Waals surface area contributed by atoms with E-state index < -0.39 is 46.5 Å². The molecule has 208 valence electrons. The number of nitrogens with one attached hydrogen (secondary N) is 2. The number of fused-ring (bicyclic) bond motifs is 1. The molecular weight excluding hydrogens is 581 g/mol. The molecule has 13 nitrogen and oxygen atoms in total. The van der Waals surface area contributed by atoms with Gasteiger partial charge in [0.15, 0.2) is 0 Å². The summed E-state index contributed by atoms with van der Waals surface area (Å²) < 4.78 is 88.8. The number of hydrogen-bond acceptors (Lipinski definition) is 9. The summed E-state index contributed by atoms with van der Waals surface area (Å²) in [4.78, 5) is -0.878. The minimum Gasteiger partial charge on any atom is -1.00 e. The Morgan fingerprint density at radius 2 is 1.51 bits per heavy atom. The van der Waals surface area contributed by atoms with Crippen LogP contribution in [-0.4, -0.2) is 58.9 Å². The largest absolute Gasteiger partial charge is 1.00 e. The molecule has 0 radical (unpaired) electrons. The predicted octanol–water partition coefficient (Wildman–Crippen LogP) is 0.619. The Morgan fingerprint density at radius 3 is 2.03 bits per heavy atom. The predicted molar refractivity (Wildman–Crippen MR) is 143 cm³/mol. The third kappa shape index (κ3) is 7.96. The maximum absolute atomic E-state index is 13.1. The van der Waals surface area contributed by atoms with Crippen molar-refractivity contribution >= 4 is 58.2 Å². The van der Waals surface area contributed by atoms with Crippen LogP contribution in [0.4, 0.5) is 17.1 Å². The third-order valence-electron chi connectivity index (χ3n) is 4.93. The fourth-order valence-corrected chi connectivity index (χ4v) is 5.93. The zero-order valence-electron chi connectivity index (χ0n) is 23.0. The van der Waals surface area contributed by atoms with E-state index in [-0.39, 0.29) is 63.7 Å². The topological polar surface area (TPSA) is 195 Å². The minimum absolute atomic E-state index is 0. The van der Waals surface area contributed by atoms with Crippen molar-refractivity contribution in [3.8, 4) is 5.75 Å². The van der Waals surface area contributed by atoms with Gasteiger partial charge < -0.3 is 6.53 Å². The quantitative estimate of drug-likeness (QED) is 0.162. The van der Waals surface area contributed by atoms with E-state index in [9.17, 15) is 30.4 Å². The van der Waals surface area contributed by atoms with Gasteiger partial charge in [0.05, 0.1) is 22.0 Å². The molecule has 0 aliphatic carbocycles. The molecule has 0 aliphatic rings. The molecular formula is C22H28N5NaO8S3. The third-order valence-corrected chi connectivity index (χ3v) is 9.01. The fourth-order valence-electron chi connectivity index (χ4n) is 3.28. The van der Waals surface area contributed by atoms with Crippen molar-refractivity contribution in [3.05, 3.63) is 48.5 Å². The van der Waals surface area contributed by atoms with Crippen molar-refractivity contribution in [2.75, 3.05) is 18.8 Å². The Labute approximate surface area is 251 Å². The average molecular weight is 610 g/mol. The van der Waals surface area contributed by atoms with Gasteiger partial charge in [-0.05, 0) is 57.2 Å². The molecule has 4 N–H and O–H groups in total. The van der Waals surface area contributed by atoms with E-state index in [1.54, 1.807) is 20.8 Å². The number of anilines is 1. The molecule has 17 heteroatoms. The standard InChI is InChI=1S/C22H27N5O8S3.Na.H/c1-22(2,3)26-36(29,30)19-13-18(24-23-14-9-11-15(12-10-14)37(31,32)33)20-16(21(19)28)7-6-8-17(20)25-38(34,35)27(4)5;;/h6-13,25-26,28H,1-5H3,(H,31,32,33);;/q;+1;-1. The van der Waals surface area contributed by atoms with Gasteiger partial charge in [-0.3, -0.25) is 9.27 Å². The summed E-state index contributed by atoms with van der Waals surface area (Å²) in [6, 6.07) is 9.98. The van der Waals surface area contributed by atoms with E-state index >= 15 is 0 Å². The smallest absolute Gasteiger partial charge is 1.00 e. The van der Waals surface area contributed by atoms with E-state index in [0.717, 1.165) is 22.5 Å². The van der Waals surface area contributed by atoms with E-state index in [1.165, 1.54) is 44.4 Å². The summed E-state index contributed by atoms with van der Waals surface area (Å²) in [6.07, 6.45) is 0. The van der Waals surface area contributed by atoms with Crippen LogP contribution in [0.25, 0.3) is 10.8 Å². The van der Waals surface area contributed by atoms with Gasteiger partial charge in [-0.1, -0.05) is 12.1 Å². The van der Waals surface area contributed by atoms with Crippen molar-refractivity contribution in [3.63, 3.8) is 0 Å². The molecule has 0 bridgehead atoms. The molecule has 0 unspecified atom stereocenters. The summed E-state index contributed by atoms with van der Waals surface area (Å²) in [5.74, 6) is -0.626. The van der Waals surface area contributed by atoms with E-state index in [4.69, 9.17) is 4.55 Å². The van der Waals surface area contributed by atoms with Crippen molar-refractivity contribution < 1.29 is 65.9 Å². The second-order valence-corrected chi connectivity index (χ2v) is 14.3. The molecule has 0 heterocycles. The number of sulfonamides is 1. The molecule has 0 saturated carbocycles. The normalized spacial score (nSPS) is 13.1. The van der Waals surface area contributed by atoms with Gasteiger partial charge in [-0.2, -0.15) is 26.3 Å². The van der Waals surface area contributed by atoms with Gasteiger partial charge in [-0.15, -0.1) is 5.11 Å². The van der Waals surface area contributed by atoms with E-state index in [0.29, 0.717) is 0 Å². The first-order chi connectivity index (χ1) is 17.3. The van der Waals surface area contributed by atoms with Crippen LogP contribution in [0.2, 0.25) is 0 Å². The van der Waals surface area contributed by atoms with Gasteiger partial charge in [0.2, 0.25) is 10.0 Å². The minimum atomic E-state index is -4.43. The fraction of sp³-hybridized carbons (Fsp3) is 0.273. The molecule has 39 heavy (non-hydrogen) atoms. The summed E-state index contributed by atoms with van der Waals surface area (Å²) in [7, 11) is -10.1. The molecule has 3 rings (SSSR count). The number of nitrogens with zero attached hydrogens (tertiary/aromatic N) is 3. The molecule has 0 fully saturated rings. The number of rotatable bonds is 8. The van der Waals surface area contributed by atoms with Crippen molar-refractivity contribution in [2.24, 2.45) is 10.2 Å². The first kappa shape index (κ1) is 33.1. The number of azo groups is 1. The number of benzene rings is 3. The van der Waals surface area contributed by atoms with Crippen LogP contribution in [0.1, 0.15) is 22.2 Å². The first-order valence-corrected chi connectivity index (χ1v) is 15.2. The Morgan fingerprint density at radius 1 is 0.923 bits per heavy atom. The van der Waals surface area contributed by atoms with Crippen LogP contribution in [0, 0.1) is 0 Å². The average Bonchev–Trinajstić information content (AvgIpc) is 2.76. The number of aromatic hydroxyl groups is 1. The van der Waals surface area contributed by atoms with E-state index in [2.05, 4.69) is 19.7 Å². The molecule has 0 amide bonds. The monoisotopic (exact) mass is 609 g/mol. The molecule has 0 aromatic heterocycles. The molecule has 3 aromatic rings. The summed E-state index contributed by atoms with van der Waals surface area (Å²) in [6.45, 7) is 4.86. The molecule has 0 atom stereocenters. The summed E-state index contributed by atoms with van der Waals surface area (Å²) in [5, 5.41) is 19.1. The number of hydrogen-bond donors (Lipinski definition) is 4. The molecule has 3 aromatic carbocycles.